The highest BCUT2D eigenvalue weighted by Crippen LogP contribution is 2.24. The zero-order chi connectivity index (χ0) is 36.4. The lowest BCUT2D eigenvalue weighted by Crippen LogP contribution is -2.43. The molecule has 2 aromatic heterocycles. The zero-order valence-electron chi connectivity index (χ0n) is 32.0. The molecule has 48 heavy (non-hydrogen) atoms. The van der Waals surface area contributed by atoms with Crippen molar-refractivity contribution in [1.29, 1.82) is 0 Å². The van der Waals surface area contributed by atoms with Crippen molar-refractivity contribution in [2.75, 3.05) is 0 Å². The quantitative estimate of drug-likeness (QED) is 0.0981. The van der Waals surface area contributed by atoms with Crippen LogP contribution >= 0.6 is 0 Å². The molecule has 2 aromatic rings. The van der Waals surface area contributed by atoms with Crippen LogP contribution < -0.4 is 0 Å². The van der Waals surface area contributed by atoms with Gasteiger partial charge in [0.05, 0.1) is 0 Å². The van der Waals surface area contributed by atoms with Crippen molar-refractivity contribution in [3.8, 4) is 0 Å². The third kappa shape index (κ3) is 21.0. The number of Topliss-reactive ketones (excluding diaryl/α,β-unsaturated/α-hetero) is 2. The Bertz CT molecular complexity index is 1190. The maximum Gasteiger partial charge on any atom is 0.198 e. The Kier molecular flexibility index (Phi) is 19.2. The third-order valence-electron chi connectivity index (χ3n) is 7.71. The largest absolute Gasteiger partial charge is 0.453 e. The molecule has 0 saturated heterocycles. The van der Waals surface area contributed by atoms with E-state index in [1.807, 2.05) is 52.0 Å². The summed E-state index contributed by atoms with van der Waals surface area (Å²) in [5, 5.41) is 0. The number of unbranched alkanes of at least 4 members (excludes halogenated alkanes) is 2. The van der Waals surface area contributed by atoms with E-state index in [1.54, 1.807) is 24.8 Å². The fraction of sp³-hybridized carbons (Fsp3) is 0.611. The van der Waals surface area contributed by atoms with Crippen LogP contribution in [0.1, 0.15) is 77.9 Å². The van der Waals surface area contributed by atoms with Crippen molar-refractivity contribution >= 4 is 57.0 Å². The summed E-state index contributed by atoms with van der Waals surface area (Å²) >= 11 is 0. The minimum Gasteiger partial charge on any atom is -0.453 e. The van der Waals surface area contributed by atoms with E-state index >= 15 is 0 Å². The summed E-state index contributed by atoms with van der Waals surface area (Å²) in [6.07, 6.45) is 16.5. The SMILES string of the molecule is CC(C)C(=O)CCCC[Si](C)(C)O[Si](C)(C)/C=C/c1ncccn1.CC(C)C(=O)CCCC[Si](C)(C)O[Si](C)(C)/C=C\c1ncccn1. The Balaban J connectivity index is 0.000000480. The van der Waals surface area contributed by atoms with E-state index in [1.165, 1.54) is 0 Å². The second-order valence-electron chi connectivity index (χ2n) is 15.5. The van der Waals surface area contributed by atoms with Crippen LogP contribution in [0.3, 0.4) is 0 Å². The predicted molar refractivity (Wildman–Crippen MR) is 211 cm³/mol. The van der Waals surface area contributed by atoms with Gasteiger partial charge in [0.1, 0.15) is 11.6 Å². The van der Waals surface area contributed by atoms with E-state index in [0.717, 1.165) is 49.4 Å². The molecule has 0 bridgehead atoms. The maximum atomic E-state index is 11.7. The molecule has 2 heterocycles. The molecule has 12 heteroatoms. The van der Waals surface area contributed by atoms with Crippen LogP contribution in [0.5, 0.6) is 0 Å². The molecule has 0 unspecified atom stereocenters. The number of hydrogen-bond donors (Lipinski definition) is 0. The molecular formula is C36H64N4O4Si4. The molecule has 8 nitrogen and oxygen atoms in total. The van der Waals surface area contributed by atoms with Gasteiger partial charge in [-0.25, -0.2) is 19.9 Å². The predicted octanol–water partition coefficient (Wildman–Crippen LogP) is 9.70. The van der Waals surface area contributed by atoms with Gasteiger partial charge < -0.3 is 8.23 Å². The van der Waals surface area contributed by atoms with Gasteiger partial charge in [0.15, 0.2) is 44.9 Å². The van der Waals surface area contributed by atoms with Crippen molar-refractivity contribution in [3.05, 3.63) is 60.0 Å². The molecule has 0 saturated carbocycles. The average Bonchev–Trinajstić information content (AvgIpc) is 2.99. The first-order valence-electron chi connectivity index (χ1n) is 17.6. The molecule has 0 aliphatic rings. The molecule has 0 aromatic carbocycles. The summed E-state index contributed by atoms with van der Waals surface area (Å²) < 4.78 is 13.1. The highest BCUT2D eigenvalue weighted by atomic mass is 28.4. The van der Waals surface area contributed by atoms with Crippen molar-refractivity contribution in [2.24, 2.45) is 11.8 Å². The summed E-state index contributed by atoms with van der Waals surface area (Å²) in [5.74, 6) is 2.51. The van der Waals surface area contributed by atoms with Crippen molar-refractivity contribution in [1.82, 2.24) is 19.9 Å². The molecule has 0 fully saturated rings. The Hall–Kier alpha value is -2.23. The first-order valence-corrected chi connectivity index (χ1v) is 29.8. The highest BCUT2D eigenvalue weighted by molar-refractivity contribution is 6.88. The number of carbonyl (C=O) groups excluding carboxylic acids is 2. The smallest absolute Gasteiger partial charge is 0.198 e. The van der Waals surface area contributed by atoms with E-state index in [2.05, 4.69) is 83.7 Å². The van der Waals surface area contributed by atoms with E-state index in [4.69, 9.17) is 8.23 Å². The summed E-state index contributed by atoms with van der Waals surface area (Å²) in [5.41, 5.74) is 4.33. The number of nitrogens with zero attached hydrogens (tertiary/aromatic N) is 4. The number of hydrogen-bond acceptors (Lipinski definition) is 8. The van der Waals surface area contributed by atoms with E-state index in [9.17, 15) is 9.59 Å². The van der Waals surface area contributed by atoms with Gasteiger partial charge in [-0.05, 0) is 102 Å². The van der Waals surface area contributed by atoms with Crippen LogP contribution in [0.25, 0.3) is 12.2 Å². The van der Waals surface area contributed by atoms with E-state index in [-0.39, 0.29) is 11.8 Å². The second kappa shape index (κ2) is 21.1. The van der Waals surface area contributed by atoms with Gasteiger partial charge in [-0.2, -0.15) is 0 Å². The summed E-state index contributed by atoms with van der Waals surface area (Å²) in [6, 6.07) is 5.84. The molecule has 0 aliphatic carbocycles. The van der Waals surface area contributed by atoms with E-state index in [0.29, 0.717) is 24.4 Å². The summed E-state index contributed by atoms with van der Waals surface area (Å²) in [7, 11) is -7.21. The molecule has 0 amide bonds. The lowest BCUT2D eigenvalue weighted by atomic mass is 10.0. The molecule has 0 N–H and O–H groups in total. The number of aromatic nitrogens is 4. The molecule has 268 valence electrons. The number of ketones is 2. The summed E-state index contributed by atoms with van der Waals surface area (Å²) in [4.78, 5) is 40.2. The van der Waals surface area contributed by atoms with Crippen LogP contribution in [0.4, 0.5) is 0 Å². The Labute approximate surface area is 296 Å². The van der Waals surface area contributed by atoms with Crippen LogP contribution in [0.15, 0.2) is 48.3 Å². The van der Waals surface area contributed by atoms with Crippen LogP contribution in [-0.4, -0.2) is 64.8 Å². The standard InChI is InChI=1S/2C18H32N2O2Si2/c2*1-16(2)17(21)10-7-8-14-23(3,4)22-24(5,6)15-11-18-19-12-9-13-20-18/h2*9,11-13,15-16H,7-8,10,14H2,1-6H3/b15-11+;15-11-. The highest BCUT2D eigenvalue weighted by Gasteiger charge is 2.32. The maximum absolute atomic E-state index is 11.7. The van der Waals surface area contributed by atoms with Gasteiger partial charge in [0.2, 0.25) is 0 Å². The fourth-order valence-corrected chi connectivity index (χ4v) is 21.3. The minimum absolute atomic E-state index is 0.156. The molecular weight excluding hydrogens is 665 g/mol. The molecule has 0 aliphatic heterocycles. The van der Waals surface area contributed by atoms with Crippen LogP contribution in [-0.2, 0) is 17.8 Å². The Morgan fingerprint density at radius 2 is 0.896 bits per heavy atom. The van der Waals surface area contributed by atoms with Crippen LogP contribution in [0.2, 0.25) is 64.5 Å². The van der Waals surface area contributed by atoms with Crippen molar-refractivity contribution in [2.45, 2.75) is 131 Å². The Morgan fingerprint density at radius 1 is 0.583 bits per heavy atom. The van der Waals surface area contributed by atoms with Gasteiger partial charge >= 0.3 is 0 Å². The lowest BCUT2D eigenvalue weighted by molar-refractivity contribution is -0.122. The normalized spacial score (nSPS) is 13.0. The van der Waals surface area contributed by atoms with Crippen molar-refractivity contribution < 1.29 is 17.8 Å². The monoisotopic (exact) mass is 728 g/mol. The molecule has 2 rings (SSSR count). The zero-order valence-corrected chi connectivity index (χ0v) is 36.0. The number of rotatable bonds is 20. The molecule has 0 spiro atoms. The fourth-order valence-electron chi connectivity index (χ4n) is 5.22. The van der Waals surface area contributed by atoms with Gasteiger partial charge in [-0.1, -0.05) is 51.9 Å². The van der Waals surface area contributed by atoms with E-state index < -0.39 is 33.3 Å². The first kappa shape index (κ1) is 43.8. The van der Waals surface area contributed by atoms with Crippen molar-refractivity contribution in [3.63, 3.8) is 0 Å². The topological polar surface area (TPSA) is 104 Å². The van der Waals surface area contributed by atoms with Gasteiger partial charge in [-0.3, -0.25) is 9.59 Å². The molecule has 0 atom stereocenters. The van der Waals surface area contributed by atoms with Gasteiger partial charge in [0.25, 0.3) is 0 Å². The third-order valence-corrected chi connectivity index (χ3v) is 21.4. The van der Waals surface area contributed by atoms with Gasteiger partial charge in [-0.15, -0.1) is 0 Å². The Morgan fingerprint density at radius 3 is 1.19 bits per heavy atom. The second-order valence-corrected chi connectivity index (χ2v) is 32.2. The average molecular weight is 729 g/mol. The minimum atomic E-state index is -1.89. The molecule has 0 radical (unpaired) electrons. The van der Waals surface area contributed by atoms with Crippen LogP contribution in [0, 0.1) is 11.8 Å². The van der Waals surface area contributed by atoms with Gasteiger partial charge in [0, 0.05) is 49.5 Å². The first-order chi connectivity index (χ1) is 22.2. The number of carbonyl (C=O) groups is 2. The lowest BCUT2D eigenvalue weighted by Gasteiger charge is -2.32. The summed E-state index contributed by atoms with van der Waals surface area (Å²) in [6.45, 7) is 25.8.